The zero-order valence-electron chi connectivity index (χ0n) is 14.7. The van der Waals surface area contributed by atoms with Gasteiger partial charge in [-0.05, 0) is 44.5 Å². The van der Waals surface area contributed by atoms with Crippen molar-refractivity contribution < 1.29 is 4.74 Å². The number of methoxy groups -OCH3 is 1. The van der Waals surface area contributed by atoms with Gasteiger partial charge in [-0.15, -0.1) is 0 Å². The highest BCUT2D eigenvalue weighted by Crippen LogP contribution is 2.38. The van der Waals surface area contributed by atoms with Crippen LogP contribution < -0.4 is 0 Å². The molecule has 1 atom stereocenters. The van der Waals surface area contributed by atoms with E-state index in [9.17, 15) is 0 Å². The number of benzene rings is 1. The van der Waals surface area contributed by atoms with Crippen molar-refractivity contribution in [2.24, 2.45) is 5.92 Å². The number of likely N-dealkylation sites (N-methyl/N-ethyl adjacent to an activating group) is 1. The third kappa shape index (κ3) is 2.94. The molecule has 1 unspecified atom stereocenters. The summed E-state index contributed by atoms with van der Waals surface area (Å²) in [5.74, 6) is 0.715. The van der Waals surface area contributed by atoms with Gasteiger partial charge in [0, 0.05) is 44.3 Å². The summed E-state index contributed by atoms with van der Waals surface area (Å²) in [5.41, 5.74) is 2.63. The summed E-state index contributed by atoms with van der Waals surface area (Å²) in [7, 11) is 4.11. The Hall–Kier alpha value is -1.49. The van der Waals surface area contributed by atoms with Crippen LogP contribution in [0.2, 0.25) is 0 Å². The second kappa shape index (κ2) is 6.43. The van der Waals surface area contributed by atoms with Crippen LogP contribution >= 0.6 is 0 Å². The van der Waals surface area contributed by atoms with Gasteiger partial charge >= 0.3 is 0 Å². The predicted octanol–water partition coefficient (Wildman–Crippen LogP) is 2.78. The van der Waals surface area contributed by atoms with Gasteiger partial charge in [0.05, 0.1) is 11.2 Å². The van der Waals surface area contributed by atoms with Crippen LogP contribution in [0.15, 0.2) is 36.4 Å². The molecule has 1 spiro atoms. The molecule has 0 radical (unpaired) electrons. The number of fused-ring (bicyclic) bond motifs is 1. The number of hydrogen-bond acceptors (Lipinski definition) is 4. The van der Waals surface area contributed by atoms with Crippen LogP contribution in [0.5, 0.6) is 0 Å². The Balaban J connectivity index is 1.41. The van der Waals surface area contributed by atoms with Gasteiger partial charge < -0.3 is 4.74 Å². The minimum atomic E-state index is 0.359. The number of para-hydroxylation sites is 1. The quantitative estimate of drug-likeness (QED) is 0.864. The highest BCUT2D eigenvalue weighted by Gasteiger charge is 2.49. The molecule has 0 amide bonds. The Labute approximate surface area is 144 Å². The molecule has 1 aromatic carbocycles. The zero-order valence-corrected chi connectivity index (χ0v) is 14.7. The molecular weight excluding hydrogens is 298 g/mol. The lowest BCUT2D eigenvalue weighted by Gasteiger charge is -2.58. The Kier molecular flexibility index (Phi) is 4.29. The van der Waals surface area contributed by atoms with Crippen molar-refractivity contribution in [1.82, 2.24) is 14.8 Å². The van der Waals surface area contributed by atoms with E-state index < -0.39 is 0 Å². The van der Waals surface area contributed by atoms with E-state index in [2.05, 4.69) is 53.2 Å². The third-order valence-corrected chi connectivity index (χ3v) is 5.83. The molecule has 4 heteroatoms. The zero-order chi connectivity index (χ0) is 16.6. The first-order chi connectivity index (χ1) is 11.7. The summed E-state index contributed by atoms with van der Waals surface area (Å²) in [5, 5.41) is 1.22. The topological polar surface area (TPSA) is 28.6 Å². The van der Waals surface area contributed by atoms with E-state index in [0.29, 0.717) is 11.5 Å². The Morgan fingerprint density at radius 3 is 2.88 bits per heavy atom. The second-order valence-electron chi connectivity index (χ2n) is 7.60. The summed E-state index contributed by atoms with van der Waals surface area (Å²) in [4.78, 5) is 9.92. The van der Waals surface area contributed by atoms with Crippen LogP contribution in [0.1, 0.15) is 18.5 Å². The summed E-state index contributed by atoms with van der Waals surface area (Å²) in [6.07, 6.45) is 2.53. The van der Waals surface area contributed by atoms with Crippen molar-refractivity contribution in [2.45, 2.75) is 24.9 Å². The van der Waals surface area contributed by atoms with Crippen molar-refractivity contribution in [2.75, 3.05) is 40.4 Å². The molecule has 0 aliphatic carbocycles. The number of hydrogen-bond donors (Lipinski definition) is 0. The molecular formula is C20H27N3O. The molecule has 0 N–H and O–H groups in total. The highest BCUT2D eigenvalue weighted by molar-refractivity contribution is 5.78. The molecule has 2 aliphatic heterocycles. The molecule has 128 valence electrons. The van der Waals surface area contributed by atoms with Gasteiger partial charge in [0.2, 0.25) is 0 Å². The first-order valence-electron chi connectivity index (χ1n) is 8.96. The number of ether oxygens (including phenoxy) is 1. The van der Waals surface area contributed by atoms with Crippen molar-refractivity contribution in [1.29, 1.82) is 0 Å². The number of aromatic nitrogens is 1. The van der Waals surface area contributed by atoms with Crippen molar-refractivity contribution in [3.05, 3.63) is 42.1 Å². The number of likely N-dealkylation sites (tertiary alicyclic amines) is 2. The first-order valence-corrected chi connectivity index (χ1v) is 8.96. The molecule has 1 aromatic heterocycles. The fourth-order valence-corrected chi connectivity index (χ4v) is 4.48. The van der Waals surface area contributed by atoms with Gasteiger partial charge in [-0.2, -0.15) is 0 Å². The second-order valence-corrected chi connectivity index (χ2v) is 7.60. The van der Waals surface area contributed by atoms with Gasteiger partial charge in [-0.1, -0.05) is 24.3 Å². The van der Waals surface area contributed by atoms with Crippen LogP contribution in [-0.2, 0) is 11.3 Å². The van der Waals surface area contributed by atoms with Crippen LogP contribution in [0.3, 0.4) is 0 Å². The smallest absolute Gasteiger partial charge is 0.0705 e. The Morgan fingerprint density at radius 2 is 2.04 bits per heavy atom. The Morgan fingerprint density at radius 1 is 1.21 bits per heavy atom. The normalized spacial score (nSPS) is 24.3. The molecule has 2 fully saturated rings. The molecule has 2 aromatic rings. The minimum absolute atomic E-state index is 0.359. The lowest BCUT2D eigenvalue weighted by atomic mass is 9.75. The van der Waals surface area contributed by atoms with Crippen LogP contribution in [-0.4, -0.2) is 60.7 Å². The van der Waals surface area contributed by atoms with E-state index in [0.717, 1.165) is 31.8 Å². The average molecular weight is 325 g/mol. The van der Waals surface area contributed by atoms with Crippen LogP contribution in [0.25, 0.3) is 10.9 Å². The molecule has 0 bridgehead atoms. The lowest BCUT2D eigenvalue weighted by molar-refractivity contribution is -0.0908. The number of rotatable bonds is 4. The number of nitrogens with zero attached hydrogens (tertiary/aromatic N) is 3. The first kappa shape index (κ1) is 16.0. The van der Waals surface area contributed by atoms with Crippen molar-refractivity contribution >= 4 is 10.9 Å². The SMILES string of the molecule is COCC1CCN(C)C2(C1)CN(Cc1ccc3ccccc3n1)C2. The van der Waals surface area contributed by atoms with E-state index in [1.807, 2.05) is 7.11 Å². The van der Waals surface area contributed by atoms with Crippen LogP contribution in [0.4, 0.5) is 0 Å². The summed E-state index contributed by atoms with van der Waals surface area (Å²) < 4.78 is 5.40. The molecule has 2 aliphatic rings. The average Bonchev–Trinajstić information content (AvgIpc) is 2.56. The maximum atomic E-state index is 5.40. The van der Waals surface area contributed by atoms with Gasteiger partial charge in [0.25, 0.3) is 0 Å². The van der Waals surface area contributed by atoms with E-state index in [-0.39, 0.29) is 0 Å². The minimum Gasteiger partial charge on any atom is -0.384 e. The molecule has 4 nitrogen and oxygen atoms in total. The van der Waals surface area contributed by atoms with Gasteiger partial charge in [-0.25, -0.2) is 0 Å². The fraction of sp³-hybridized carbons (Fsp3) is 0.550. The molecule has 3 heterocycles. The molecule has 24 heavy (non-hydrogen) atoms. The summed E-state index contributed by atoms with van der Waals surface area (Å²) in [6, 6.07) is 12.7. The van der Waals surface area contributed by atoms with Crippen LogP contribution in [0, 0.1) is 5.92 Å². The molecule has 0 saturated carbocycles. The maximum absolute atomic E-state index is 5.40. The van der Waals surface area contributed by atoms with Gasteiger partial charge in [-0.3, -0.25) is 14.8 Å². The maximum Gasteiger partial charge on any atom is 0.0705 e. The standard InChI is InChI=1S/C20H27N3O/c1-22-10-9-16(13-24-2)11-20(22)14-23(15-20)12-18-8-7-17-5-3-4-6-19(17)21-18/h3-8,16H,9-15H2,1-2H3. The summed E-state index contributed by atoms with van der Waals surface area (Å²) in [6.45, 7) is 5.35. The van der Waals surface area contributed by atoms with Gasteiger partial charge in [0.15, 0.2) is 0 Å². The monoisotopic (exact) mass is 325 g/mol. The van der Waals surface area contributed by atoms with E-state index in [1.54, 1.807) is 0 Å². The largest absolute Gasteiger partial charge is 0.384 e. The van der Waals surface area contributed by atoms with E-state index in [4.69, 9.17) is 9.72 Å². The van der Waals surface area contributed by atoms with E-state index in [1.165, 1.54) is 30.5 Å². The van der Waals surface area contributed by atoms with Crippen molar-refractivity contribution in [3.63, 3.8) is 0 Å². The summed E-state index contributed by atoms with van der Waals surface area (Å²) >= 11 is 0. The molecule has 4 rings (SSSR count). The molecule has 2 saturated heterocycles. The number of pyridine rings is 1. The fourth-order valence-electron chi connectivity index (χ4n) is 4.48. The predicted molar refractivity (Wildman–Crippen MR) is 97.0 cm³/mol. The van der Waals surface area contributed by atoms with Gasteiger partial charge in [0.1, 0.15) is 0 Å². The highest BCUT2D eigenvalue weighted by atomic mass is 16.5. The third-order valence-electron chi connectivity index (χ3n) is 5.83. The Bertz CT molecular complexity index is 711. The lowest BCUT2D eigenvalue weighted by Crippen LogP contribution is -2.71. The van der Waals surface area contributed by atoms with E-state index >= 15 is 0 Å². The number of piperidine rings is 1. The van der Waals surface area contributed by atoms with Crippen molar-refractivity contribution in [3.8, 4) is 0 Å².